The summed E-state index contributed by atoms with van der Waals surface area (Å²) in [5.41, 5.74) is 0.694. The molecule has 103 heavy (non-hydrogen) atoms. The minimum atomic E-state index is -0.763. The lowest BCUT2D eigenvalue weighted by atomic mass is 9.84. The number of likely N-dealkylation sites (tertiary alicyclic amines) is 3. The highest BCUT2D eigenvalue weighted by Gasteiger charge is 2.47. The lowest BCUT2D eigenvalue weighted by molar-refractivity contribution is -0.122. The van der Waals surface area contributed by atoms with Gasteiger partial charge in [-0.15, -0.1) is 0 Å². The smallest absolute Gasteiger partial charge is 0.410 e. The summed E-state index contributed by atoms with van der Waals surface area (Å²) in [7, 11) is 0. The average Bonchev–Trinajstić information content (AvgIpc) is 0.790. The molecule has 6 aliphatic heterocycles. The number of hydrogen-bond acceptors (Lipinski definition) is 21. The molecule has 3 amide bonds. The predicted molar refractivity (Wildman–Crippen MR) is 376 cm³/mol. The molecule has 0 aliphatic carbocycles. The second-order valence-electron chi connectivity index (χ2n) is 27.7. The highest BCUT2D eigenvalue weighted by Crippen LogP contribution is 2.39. The molecule has 6 aromatic rings. The fourth-order valence-electron chi connectivity index (χ4n) is 11.7. The number of nitrogens with zero attached hydrogens (tertiary/aromatic N) is 12. The Hall–Kier alpha value is -9.03. The second-order valence-corrected chi connectivity index (χ2v) is 29.3. The number of rotatable bonds is 10. The van der Waals surface area contributed by atoms with E-state index < -0.39 is 34.3 Å². The van der Waals surface area contributed by atoms with Gasteiger partial charge in [0.15, 0.2) is 39.7 Å². The normalized spacial score (nSPS) is 21.8. The van der Waals surface area contributed by atoms with E-state index in [0.717, 1.165) is 6.33 Å². The quantitative estimate of drug-likeness (QED) is 0.0563. The third-order valence-electron chi connectivity index (χ3n) is 16.3. The summed E-state index contributed by atoms with van der Waals surface area (Å²) in [6, 6.07) is 13.8. The van der Waals surface area contributed by atoms with Gasteiger partial charge >= 0.3 is 18.3 Å². The van der Waals surface area contributed by atoms with Crippen molar-refractivity contribution in [1.82, 2.24) is 44.6 Å². The summed E-state index contributed by atoms with van der Waals surface area (Å²) in [4.78, 5) is 75.0. The Morgan fingerprint density at radius 1 is 0.466 bits per heavy atom. The maximum Gasteiger partial charge on any atom is 0.410 e. The molecule has 6 bridgehead atoms. The molecule has 34 heteroatoms. The SMILES string of the molecule is CC(C)(C)OC(=O)N1CC2COCC(C1)C2O.[C-]#[N+]c1ccc(Nc2ncnc(Cl)c2F)c(Cl)c1.[C-]#[N+]c1ccc(Nc2ncnc(OC3C4COCC3CN(C(=O)OC(C)(C)C)C4)c2F)c(Cl)c1.[C-]#[N+]c1ccc(Nc2ncnc(OC3C4COCC3CN(C(=O)OC(C)(C)C)C4)c2F)c(Cl)c1. The molecule has 12 rings (SSSR count). The average molecular weight is 1510 g/mol. The number of halogens is 7. The van der Waals surface area contributed by atoms with Crippen LogP contribution in [0.3, 0.4) is 0 Å². The van der Waals surface area contributed by atoms with Crippen molar-refractivity contribution in [2.45, 2.75) is 97.4 Å². The van der Waals surface area contributed by atoms with Crippen LogP contribution in [0, 0.1) is 72.7 Å². The molecule has 27 nitrogen and oxygen atoms in total. The van der Waals surface area contributed by atoms with Gasteiger partial charge in [-0.25, -0.2) is 48.9 Å². The van der Waals surface area contributed by atoms with Crippen LogP contribution in [-0.4, -0.2) is 182 Å². The van der Waals surface area contributed by atoms with Crippen LogP contribution < -0.4 is 25.4 Å². The number of fused-ring (bicyclic) bond motifs is 6. The van der Waals surface area contributed by atoms with Gasteiger partial charge in [0.05, 0.1) is 97.6 Å². The maximum atomic E-state index is 15.2. The number of benzene rings is 3. The van der Waals surface area contributed by atoms with Crippen LogP contribution in [0.1, 0.15) is 62.3 Å². The molecule has 6 unspecified atom stereocenters. The third kappa shape index (κ3) is 21.1. The molecular formula is C69H76Cl4F3N15O12. The van der Waals surface area contributed by atoms with Crippen molar-refractivity contribution in [3.05, 3.63) is 146 Å². The number of aromatic nitrogens is 6. The Bertz CT molecular complexity index is 3960. The summed E-state index contributed by atoms with van der Waals surface area (Å²) in [5.74, 6) is -3.57. The van der Waals surface area contributed by atoms with Gasteiger partial charge in [-0.1, -0.05) is 64.6 Å². The van der Waals surface area contributed by atoms with Gasteiger partial charge in [0.1, 0.15) is 48.0 Å². The molecule has 0 radical (unpaired) electrons. The molecule has 6 fully saturated rings. The first-order valence-electron chi connectivity index (χ1n) is 32.4. The monoisotopic (exact) mass is 1500 g/mol. The van der Waals surface area contributed by atoms with Crippen molar-refractivity contribution >= 4 is 116 Å². The standard InChI is InChI=1S/2C23H25ClFN5O4.C12H21NO4.C11H5Cl2FN4/c2*1-23(2,3)34-22(31)30-8-13-10-32-11-14(9-30)19(13)33-21-18(25)20(27-12-28-21)29-17-6-5-15(26-4)7-16(17)24;1-12(2,3)17-11(15)13-4-8-6-16-7-9(5-13)10(8)14;1-15-6-2-3-8(7(12)4-6)18-11-9(14)10(13)16-5-17-11/h2*5-7,12-14,19H,8-11H2,1-3H3,(H,27,28,29);8-10,14H,4-7H2,1-3H3;2-5H,(H,16,17,18). The third-order valence-corrected chi connectivity index (χ3v) is 17.5. The Morgan fingerprint density at radius 2 is 0.748 bits per heavy atom. The second kappa shape index (κ2) is 34.1. The fraction of sp³-hybridized carbons (Fsp3) is 0.478. The van der Waals surface area contributed by atoms with Crippen molar-refractivity contribution < 1.29 is 70.6 Å². The maximum absolute atomic E-state index is 15.2. The molecule has 6 saturated heterocycles. The van der Waals surface area contributed by atoms with Gasteiger partial charge in [-0.3, -0.25) is 0 Å². The molecule has 4 N–H and O–H groups in total. The number of carbonyl (C=O) groups is 3. The minimum absolute atomic E-state index is 0.0232. The van der Waals surface area contributed by atoms with Crippen LogP contribution in [0.2, 0.25) is 20.2 Å². The van der Waals surface area contributed by atoms with E-state index in [9.17, 15) is 23.9 Å². The zero-order valence-corrected chi connectivity index (χ0v) is 60.6. The van der Waals surface area contributed by atoms with E-state index in [4.69, 9.17) is 104 Å². The van der Waals surface area contributed by atoms with Gasteiger partial charge in [0.25, 0.3) is 11.8 Å². The van der Waals surface area contributed by atoms with Gasteiger partial charge in [0, 0.05) is 74.8 Å². The summed E-state index contributed by atoms with van der Waals surface area (Å²) in [6.07, 6.45) is 1.36. The number of carbonyl (C=O) groups excluding carboxylic acids is 3. The van der Waals surface area contributed by atoms with Crippen LogP contribution in [-0.2, 0) is 28.4 Å². The number of amides is 3. The summed E-state index contributed by atoms with van der Waals surface area (Å²) < 4.78 is 89.2. The Morgan fingerprint density at radius 3 is 1.04 bits per heavy atom. The van der Waals surface area contributed by atoms with E-state index in [1.165, 1.54) is 30.9 Å². The van der Waals surface area contributed by atoms with Crippen molar-refractivity contribution in [3.8, 4) is 11.8 Å². The van der Waals surface area contributed by atoms with Crippen molar-refractivity contribution in [2.24, 2.45) is 35.5 Å². The van der Waals surface area contributed by atoms with Crippen molar-refractivity contribution in [3.63, 3.8) is 0 Å². The van der Waals surface area contributed by atoms with Crippen LogP contribution in [0.4, 0.5) is 79.1 Å². The van der Waals surface area contributed by atoms with Crippen molar-refractivity contribution in [1.29, 1.82) is 0 Å². The lowest BCUT2D eigenvalue weighted by Gasteiger charge is -2.46. The van der Waals surface area contributed by atoms with E-state index in [0.29, 0.717) is 113 Å². The summed E-state index contributed by atoms with van der Waals surface area (Å²) in [6.45, 7) is 42.5. The minimum Gasteiger partial charge on any atom is -0.471 e. The van der Waals surface area contributed by atoms with Gasteiger partial charge < -0.3 is 73.7 Å². The number of aliphatic hydroxyl groups is 1. The molecule has 9 heterocycles. The first-order chi connectivity index (χ1) is 48.8. The zero-order valence-electron chi connectivity index (χ0n) is 57.6. The van der Waals surface area contributed by atoms with E-state index in [1.54, 1.807) is 51.1 Å². The summed E-state index contributed by atoms with van der Waals surface area (Å²) in [5, 5.41) is 18.8. The Kier molecular flexibility index (Phi) is 25.8. The molecule has 0 spiro atoms. The van der Waals surface area contributed by atoms with E-state index >= 15 is 8.78 Å². The number of hydrogen-bond donors (Lipinski definition) is 4. The molecular weight excluding hydrogens is 1430 g/mol. The summed E-state index contributed by atoms with van der Waals surface area (Å²) >= 11 is 23.9. The van der Waals surface area contributed by atoms with E-state index in [-0.39, 0.29) is 122 Å². The molecule has 3 aromatic carbocycles. The van der Waals surface area contributed by atoms with E-state index in [1.807, 2.05) is 62.3 Å². The first kappa shape index (κ1) is 78.1. The molecule has 0 saturated carbocycles. The Balaban J connectivity index is 0.000000167. The first-order valence-corrected chi connectivity index (χ1v) is 34.0. The Labute approximate surface area is 613 Å². The lowest BCUT2D eigenvalue weighted by Crippen LogP contribution is -2.59. The molecule has 6 aliphatic rings. The van der Waals surface area contributed by atoms with E-state index in [2.05, 4.69) is 60.4 Å². The van der Waals surface area contributed by atoms with Crippen LogP contribution >= 0.6 is 46.4 Å². The number of anilines is 6. The zero-order chi connectivity index (χ0) is 74.7. The molecule has 548 valence electrons. The molecule has 3 aromatic heterocycles. The van der Waals surface area contributed by atoms with Gasteiger partial charge in [-0.2, -0.15) is 23.1 Å². The topological polar surface area (TPSA) is 282 Å². The van der Waals surface area contributed by atoms with Crippen LogP contribution in [0.5, 0.6) is 11.8 Å². The highest BCUT2D eigenvalue weighted by atomic mass is 35.5. The predicted octanol–water partition coefficient (Wildman–Crippen LogP) is 14.7. The fourth-order valence-corrected chi connectivity index (χ4v) is 12.5. The van der Waals surface area contributed by atoms with Gasteiger partial charge in [0.2, 0.25) is 17.5 Å². The highest BCUT2D eigenvalue weighted by molar-refractivity contribution is 6.34. The number of piperidine rings is 3. The van der Waals surface area contributed by atoms with Crippen LogP contribution in [0.25, 0.3) is 14.5 Å². The van der Waals surface area contributed by atoms with Crippen molar-refractivity contribution in [2.75, 3.05) is 94.9 Å². The molecule has 6 atom stereocenters. The number of ether oxygens (including phenoxy) is 8. The largest absolute Gasteiger partial charge is 0.471 e. The number of nitrogens with one attached hydrogen (secondary N) is 3. The van der Waals surface area contributed by atoms with Gasteiger partial charge in [-0.05, 0) is 98.7 Å². The van der Waals surface area contributed by atoms with Crippen LogP contribution in [0.15, 0.2) is 73.6 Å². The number of aliphatic hydroxyl groups excluding tert-OH is 1.